The van der Waals surface area contributed by atoms with E-state index in [1.807, 2.05) is 52.0 Å². The van der Waals surface area contributed by atoms with Gasteiger partial charge in [0.05, 0.1) is 5.60 Å². The van der Waals surface area contributed by atoms with Crippen molar-refractivity contribution >= 4 is 12.0 Å². The van der Waals surface area contributed by atoms with Crippen molar-refractivity contribution in [3.63, 3.8) is 0 Å². The Morgan fingerprint density at radius 1 is 1.19 bits per heavy atom. The molecule has 3 rings (SSSR count). The van der Waals surface area contributed by atoms with E-state index in [1.165, 1.54) is 13.0 Å². The lowest BCUT2D eigenvalue weighted by Gasteiger charge is -2.43. The Morgan fingerprint density at radius 3 is 2.61 bits per heavy atom. The van der Waals surface area contributed by atoms with Crippen LogP contribution in [0.4, 0.5) is 9.18 Å². The maximum absolute atomic E-state index is 14.9. The number of carbonyl (C=O) groups excluding carboxylic acids is 2. The molecule has 196 valence electrons. The first kappa shape index (κ1) is 27.7. The number of halogens is 1. The molecule has 2 atom stereocenters. The number of nitrogens with zero attached hydrogens (tertiary/aromatic N) is 1. The van der Waals surface area contributed by atoms with E-state index in [2.05, 4.69) is 5.32 Å². The summed E-state index contributed by atoms with van der Waals surface area (Å²) in [7, 11) is 0. The van der Waals surface area contributed by atoms with Gasteiger partial charge in [-0.3, -0.25) is 4.79 Å². The molecule has 0 aliphatic carbocycles. The van der Waals surface area contributed by atoms with Gasteiger partial charge in [-0.2, -0.15) is 0 Å². The fourth-order valence-electron chi connectivity index (χ4n) is 4.89. The molecule has 0 aromatic heterocycles. The molecule has 1 aliphatic rings. The first-order valence-electron chi connectivity index (χ1n) is 12.7. The number of hydrogen-bond acceptors (Lipinski definition) is 4. The Hall–Kier alpha value is -2.93. The molecule has 2 aromatic rings. The number of aliphatic hydroxyl groups is 1. The van der Waals surface area contributed by atoms with Crippen LogP contribution in [0.3, 0.4) is 0 Å². The summed E-state index contributed by atoms with van der Waals surface area (Å²) in [5.41, 5.74) is 0.872. The molecule has 36 heavy (non-hydrogen) atoms. The van der Waals surface area contributed by atoms with Gasteiger partial charge in [-0.1, -0.05) is 35.9 Å². The summed E-state index contributed by atoms with van der Waals surface area (Å²) in [6.45, 7) is 10.2. The third kappa shape index (κ3) is 7.06. The number of likely N-dealkylation sites (tertiary alicyclic amines) is 1. The normalized spacial score (nSPS) is 17.9. The number of amides is 2. The van der Waals surface area contributed by atoms with Crippen LogP contribution in [0.15, 0.2) is 42.5 Å². The van der Waals surface area contributed by atoms with Gasteiger partial charge >= 0.3 is 6.09 Å². The van der Waals surface area contributed by atoms with Crippen molar-refractivity contribution < 1.29 is 23.8 Å². The van der Waals surface area contributed by atoms with Gasteiger partial charge in [0.25, 0.3) is 0 Å². The summed E-state index contributed by atoms with van der Waals surface area (Å²) in [5, 5.41) is 15.0. The molecule has 1 heterocycles. The van der Waals surface area contributed by atoms with Crippen molar-refractivity contribution in [2.75, 3.05) is 19.6 Å². The van der Waals surface area contributed by atoms with Crippen molar-refractivity contribution in [3.05, 3.63) is 59.4 Å². The fraction of sp³-hybridized carbons (Fsp3) is 0.517. The highest BCUT2D eigenvalue weighted by atomic mass is 19.1. The van der Waals surface area contributed by atoms with Gasteiger partial charge in [-0.15, -0.1) is 0 Å². The van der Waals surface area contributed by atoms with Gasteiger partial charge in [0, 0.05) is 38.0 Å². The lowest BCUT2D eigenvalue weighted by molar-refractivity contribution is -0.119. The zero-order chi connectivity index (χ0) is 26.5. The Balaban J connectivity index is 1.95. The van der Waals surface area contributed by atoms with Crippen LogP contribution in [0.2, 0.25) is 0 Å². The molecule has 0 unspecified atom stereocenters. The second-order valence-corrected chi connectivity index (χ2v) is 10.8. The summed E-state index contributed by atoms with van der Waals surface area (Å²) < 4.78 is 20.5. The zero-order valence-electron chi connectivity index (χ0n) is 22.1. The average molecular weight is 499 g/mol. The van der Waals surface area contributed by atoms with Gasteiger partial charge in [0.15, 0.2) is 0 Å². The minimum Gasteiger partial charge on any atom is -0.444 e. The molecule has 0 spiro atoms. The number of rotatable bonds is 7. The van der Waals surface area contributed by atoms with Crippen LogP contribution in [-0.2, 0) is 15.1 Å². The van der Waals surface area contributed by atoms with E-state index in [9.17, 15) is 19.1 Å². The average Bonchev–Trinajstić information content (AvgIpc) is 2.81. The highest BCUT2D eigenvalue weighted by Crippen LogP contribution is 2.41. The Labute approximate surface area is 213 Å². The van der Waals surface area contributed by atoms with Crippen LogP contribution in [0.5, 0.6) is 0 Å². The lowest BCUT2D eigenvalue weighted by Crippen LogP contribution is -2.49. The SMILES string of the molecule is CC(=O)NCCC[C@@](O)(c1ccc(F)c(-c2cccc(C)c2)c1)[C@@H]1CCCN(C(=O)OC(C)(C)C)C1. The van der Waals surface area contributed by atoms with Crippen molar-refractivity contribution in [1.29, 1.82) is 0 Å². The molecule has 7 heteroatoms. The van der Waals surface area contributed by atoms with Crippen LogP contribution < -0.4 is 5.32 Å². The third-order valence-corrected chi connectivity index (χ3v) is 6.65. The minimum atomic E-state index is -1.31. The van der Waals surface area contributed by atoms with Crippen LogP contribution in [-0.4, -0.2) is 47.2 Å². The topological polar surface area (TPSA) is 78.9 Å². The predicted octanol–water partition coefficient (Wildman–Crippen LogP) is 5.55. The standard InChI is InChI=1S/C29H39FN2O4/c1-20-9-6-10-22(17-20)25-18-23(12-13-26(25)30)29(35,14-8-15-31-21(2)33)24-11-7-16-32(19-24)27(34)36-28(3,4)5/h6,9-10,12-13,17-18,24,35H,7-8,11,14-16,19H2,1-5H3,(H,31,33)/t24-,29-/m1/s1. The van der Waals surface area contributed by atoms with Crippen LogP contribution in [0.25, 0.3) is 11.1 Å². The molecule has 0 radical (unpaired) electrons. The van der Waals surface area contributed by atoms with Crippen LogP contribution >= 0.6 is 0 Å². The third-order valence-electron chi connectivity index (χ3n) is 6.65. The molecule has 0 bridgehead atoms. The lowest BCUT2D eigenvalue weighted by atomic mass is 9.73. The van der Waals surface area contributed by atoms with Gasteiger partial charge in [0.2, 0.25) is 5.91 Å². The van der Waals surface area contributed by atoms with Crippen molar-refractivity contribution in [2.45, 2.75) is 71.5 Å². The molecule has 1 fully saturated rings. The zero-order valence-corrected chi connectivity index (χ0v) is 22.1. The maximum atomic E-state index is 14.9. The van der Waals surface area contributed by atoms with E-state index in [0.29, 0.717) is 50.0 Å². The van der Waals surface area contributed by atoms with E-state index < -0.39 is 17.3 Å². The van der Waals surface area contributed by atoms with E-state index in [4.69, 9.17) is 4.74 Å². The van der Waals surface area contributed by atoms with E-state index in [-0.39, 0.29) is 17.6 Å². The predicted molar refractivity (Wildman–Crippen MR) is 139 cm³/mol. The molecular weight excluding hydrogens is 459 g/mol. The minimum absolute atomic E-state index is 0.129. The first-order valence-corrected chi connectivity index (χ1v) is 12.7. The number of nitrogens with one attached hydrogen (secondary N) is 1. The Kier molecular flexibility index (Phi) is 8.77. The smallest absolute Gasteiger partial charge is 0.410 e. The monoisotopic (exact) mass is 498 g/mol. The van der Waals surface area contributed by atoms with E-state index in [0.717, 1.165) is 17.5 Å². The second kappa shape index (κ2) is 11.4. The molecule has 1 aliphatic heterocycles. The quantitative estimate of drug-likeness (QED) is 0.491. The van der Waals surface area contributed by atoms with E-state index >= 15 is 0 Å². The van der Waals surface area contributed by atoms with Crippen molar-refractivity contribution in [2.24, 2.45) is 5.92 Å². The number of ether oxygens (including phenoxy) is 1. The molecule has 2 aromatic carbocycles. The largest absolute Gasteiger partial charge is 0.444 e. The Morgan fingerprint density at radius 2 is 1.94 bits per heavy atom. The number of aryl methyl sites for hydroxylation is 1. The van der Waals surface area contributed by atoms with Gasteiger partial charge in [0.1, 0.15) is 11.4 Å². The van der Waals surface area contributed by atoms with Gasteiger partial charge < -0.3 is 20.1 Å². The molecule has 2 N–H and O–H groups in total. The number of benzene rings is 2. The number of hydrogen-bond donors (Lipinski definition) is 2. The van der Waals surface area contributed by atoms with Crippen LogP contribution in [0.1, 0.15) is 64.5 Å². The number of piperidine rings is 1. The second-order valence-electron chi connectivity index (χ2n) is 10.8. The fourth-order valence-corrected chi connectivity index (χ4v) is 4.89. The van der Waals surface area contributed by atoms with Crippen LogP contribution in [0, 0.1) is 18.7 Å². The molecule has 2 amide bonds. The summed E-state index contributed by atoms with van der Waals surface area (Å²) in [5.74, 6) is -0.758. The van der Waals surface area contributed by atoms with Crippen molar-refractivity contribution in [1.82, 2.24) is 10.2 Å². The van der Waals surface area contributed by atoms with Gasteiger partial charge in [-0.25, -0.2) is 9.18 Å². The summed E-state index contributed by atoms with van der Waals surface area (Å²) in [4.78, 5) is 25.8. The first-order chi connectivity index (χ1) is 16.9. The molecular formula is C29H39FN2O4. The summed E-state index contributed by atoms with van der Waals surface area (Å²) >= 11 is 0. The molecule has 0 saturated carbocycles. The van der Waals surface area contributed by atoms with E-state index in [1.54, 1.807) is 17.0 Å². The summed E-state index contributed by atoms with van der Waals surface area (Å²) in [6.07, 6.45) is 1.94. The maximum Gasteiger partial charge on any atom is 0.410 e. The number of carbonyl (C=O) groups is 2. The molecule has 6 nitrogen and oxygen atoms in total. The summed E-state index contributed by atoms with van der Waals surface area (Å²) in [6, 6.07) is 12.4. The highest BCUT2D eigenvalue weighted by Gasteiger charge is 2.42. The Bertz CT molecular complexity index is 1080. The molecule has 1 saturated heterocycles. The highest BCUT2D eigenvalue weighted by molar-refractivity contribution is 5.72. The van der Waals surface area contributed by atoms with Gasteiger partial charge in [-0.05, 0) is 76.6 Å². The van der Waals surface area contributed by atoms with Crippen molar-refractivity contribution in [3.8, 4) is 11.1 Å².